The molecule has 0 saturated carbocycles. The Labute approximate surface area is 155 Å². The van der Waals surface area contributed by atoms with Crippen LogP contribution in [0.25, 0.3) is 10.9 Å². The predicted molar refractivity (Wildman–Crippen MR) is 108 cm³/mol. The molecular weight excluding hydrogens is 320 g/mol. The van der Waals surface area contributed by atoms with Gasteiger partial charge in [-0.2, -0.15) is 0 Å². The molecule has 0 amide bonds. The average molecular weight is 347 g/mol. The fourth-order valence-electron chi connectivity index (χ4n) is 4.21. The first-order valence-electron chi connectivity index (χ1n) is 9.63. The molecule has 134 valence electrons. The van der Waals surface area contributed by atoms with Gasteiger partial charge in [0.25, 0.3) is 0 Å². The van der Waals surface area contributed by atoms with E-state index in [1.807, 2.05) is 6.92 Å². The number of ether oxygens (including phenoxy) is 1. The molecule has 0 atom stereocenters. The normalized spacial score (nSPS) is 14.0. The summed E-state index contributed by atoms with van der Waals surface area (Å²) >= 11 is 0. The maximum absolute atomic E-state index is 5.79. The number of nitrogens with zero attached hydrogens (tertiary/aromatic N) is 2. The van der Waals surface area contributed by atoms with Crippen LogP contribution in [0.5, 0.6) is 5.75 Å². The quantitative estimate of drug-likeness (QED) is 0.622. The molecule has 0 spiro atoms. The molecule has 0 radical (unpaired) electrons. The standard InChI is InChI=1S/C23H27N2O/c1-4-24-14-13-21-20-12-11-19(26-5-2)15-22(20)25(23(21)17(24)3)16-18-9-7-6-8-10-18/h6-12,15H,4-5,13-14,16H2,1-3H3/q+1. The molecule has 3 heteroatoms. The summed E-state index contributed by atoms with van der Waals surface area (Å²) in [5, 5.41) is 1.37. The van der Waals surface area contributed by atoms with Crippen LogP contribution in [-0.4, -0.2) is 34.6 Å². The van der Waals surface area contributed by atoms with E-state index in [1.165, 1.54) is 33.4 Å². The van der Waals surface area contributed by atoms with Crippen LogP contribution in [-0.2, 0) is 13.0 Å². The van der Waals surface area contributed by atoms with Crippen LogP contribution in [0.2, 0.25) is 0 Å². The van der Waals surface area contributed by atoms with Gasteiger partial charge in [-0.05, 0) is 37.1 Å². The molecule has 2 aromatic carbocycles. The Bertz CT molecular complexity index is 967. The smallest absolute Gasteiger partial charge is 0.197 e. The second kappa shape index (κ2) is 6.99. The number of likely N-dealkylation sites (N-methyl/N-ethyl adjacent to an activating group) is 1. The number of hydrogen-bond acceptors (Lipinski definition) is 1. The first-order chi connectivity index (χ1) is 12.7. The van der Waals surface area contributed by atoms with Crippen LogP contribution in [0.4, 0.5) is 0 Å². The predicted octanol–water partition coefficient (Wildman–Crippen LogP) is 4.49. The Morgan fingerprint density at radius 1 is 1.08 bits per heavy atom. The fraction of sp³-hybridized carbons (Fsp3) is 0.348. The lowest BCUT2D eigenvalue weighted by molar-refractivity contribution is -0.525. The van der Waals surface area contributed by atoms with Gasteiger partial charge in [-0.3, -0.25) is 0 Å². The van der Waals surface area contributed by atoms with E-state index in [0.29, 0.717) is 6.61 Å². The minimum Gasteiger partial charge on any atom is -0.494 e. The van der Waals surface area contributed by atoms with Crippen molar-refractivity contribution in [3.05, 3.63) is 65.4 Å². The Kier molecular flexibility index (Phi) is 4.54. The van der Waals surface area contributed by atoms with Gasteiger partial charge in [-0.25, -0.2) is 4.58 Å². The molecule has 0 bridgehead atoms. The Hall–Kier alpha value is -2.55. The Morgan fingerprint density at radius 3 is 2.62 bits per heavy atom. The first-order valence-corrected chi connectivity index (χ1v) is 9.63. The third kappa shape index (κ3) is 2.82. The molecule has 0 unspecified atom stereocenters. The van der Waals surface area contributed by atoms with E-state index in [0.717, 1.165) is 31.8 Å². The number of benzene rings is 2. The monoisotopic (exact) mass is 347 g/mol. The molecule has 2 heterocycles. The van der Waals surface area contributed by atoms with Crippen molar-refractivity contribution in [2.45, 2.75) is 33.7 Å². The van der Waals surface area contributed by atoms with E-state index in [4.69, 9.17) is 4.74 Å². The van der Waals surface area contributed by atoms with Crippen LogP contribution in [0.3, 0.4) is 0 Å². The van der Waals surface area contributed by atoms with E-state index in [2.05, 4.69) is 71.5 Å². The third-order valence-corrected chi connectivity index (χ3v) is 5.47. The molecule has 4 rings (SSSR count). The topological polar surface area (TPSA) is 17.2 Å². The highest BCUT2D eigenvalue weighted by Crippen LogP contribution is 2.32. The minimum absolute atomic E-state index is 0.694. The number of fused-ring (bicyclic) bond motifs is 3. The largest absolute Gasteiger partial charge is 0.494 e. The molecule has 3 nitrogen and oxygen atoms in total. The number of rotatable bonds is 5. The molecule has 0 fully saturated rings. The van der Waals surface area contributed by atoms with Gasteiger partial charge in [0.05, 0.1) is 12.1 Å². The molecule has 1 aliphatic heterocycles. The first kappa shape index (κ1) is 16.9. The summed E-state index contributed by atoms with van der Waals surface area (Å²) in [6.45, 7) is 10.3. The summed E-state index contributed by atoms with van der Waals surface area (Å²) < 4.78 is 10.8. The van der Waals surface area contributed by atoms with E-state index in [1.54, 1.807) is 0 Å². The van der Waals surface area contributed by atoms with Gasteiger partial charge in [0.1, 0.15) is 24.5 Å². The van der Waals surface area contributed by atoms with Crippen molar-refractivity contribution in [3.63, 3.8) is 0 Å². The van der Waals surface area contributed by atoms with E-state index < -0.39 is 0 Å². The lowest BCUT2D eigenvalue weighted by atomic mass is 10.0. The van der Waals surface area contributed by atoms with Crippen molar-refractivity contribution >= 4 is 16.6 Å². The zero-order valence-corrected chi connectivity index (χ0v) is 16.0. The molecule has 1 aromatic heterocycles. The van der Waals surface area contributed by atoms with Crippen LogP contribution in [0.1, 0.15) is 37.6 Å². The summed E-state index contributed by atoms with van der Waals surface area (Å²) in [6.07, 6.45) is 1.10. The lowest BCUT2D eigenvalue weighted by Crippen LogP contribution is -2.29. The van der Waals surface area contributed by atoms with Crippen LogP contribution in [0, 0.1) is 0 Å². The maximum atomic E-state index is 5.79. The molecule has 0 N–H and O–H groups in total. The highest BCUT2D eigenvalue weighted by Gasteiger charge is 2.28. The van der Waals surface area contributed by atoms with Crippen molar-refractivity contribution in [1.82, 2.24) is 4.57 Å². The molecule has 0 saturated heterocycles. The second-order valence-electron chi connectivity index (χ2n) is 6.93. The number of aromatic nitrogens is 1. The van der Waals surface area contributed by atoms with Gasteiger partial charge >= 0.3 is 0 Å². The van der Waals surface area contributed by atoms with Crippen LogP contribution >= 0.6 is 0 Å². The summed E-state index contributed by atoms with van der Waals surface area (Å²) in [6, 6.07) is 17.3. The van der Waals surface area contributed by atoms with Gasteiger partial charge in [-0.1, -0.05) is 30.3 Å². The second-order valence-corrected chi connectivity index (χ2v) is 6.93. The van der Waals surface area contributed by atoms with Crippen molar-refractivity contribution in [2.75, 3.05) is 19.7 Å². The molecular formula is C23H27N2O+. The molecule has 26 heavy (non-hydrogen) atoms. The van der Waals surface area contributed by atoms with Gasteiger partial charge in [0.15, 0.2) is 5.71 Å². The SMILES string of the molecule is CCOc1ccc2c3c(n(Cc4ccccc4)c2c1)C(C)=[N+](CC)CC3. The van der Waals surface area contributed by atoms with Gasteiger partial charge < -0.3 is 9.30 Å². The number of hydrogen-bond donors (Lipinski definition) is 0. The highest BCUT2D eigenvalue weighted by atomic mass is 16.5. The minimum atomic E-state index is 0.694. The zero-order valence-electron chi connectivity index (χ0n) is 16.0. The third-order valence-electron chi connectivity index (χ3n) is 5.47. The lowest BCUT2D eigenvalue weighted by Gasteiger charge is -2.16. The summed E-state index contributed by atoms with van der Waals surface area (Å²) in [5.74, 6) is 0.953. The summed E-state index contributed by atoms with van der Waals surface area (Å²) in [4.78, 5) is 0. The van der Waals surface area contributed by atoms with Crippen molar-refractivity contribution in [2.24, 2.45) is 0 Å². The van der Waals surface area contributed by atoms with E-state index in [9.17, 15) is 0 Å². The summed E-state index contributed by atoms with van der Waals surface area (Å²) in [7, 11) is 0. The Morgan fingerprint density at radius 2 is 1.88 bits per heavy atom. The van der Waals surface area contributed by atoms with Gasteiger partial charge in [0, 0.05) is 31.3 Å². The molecule has 0 aliphatic carbocycles. The highest BCUT2D eigenvalue weighted by molar-refractivity contribution is 6.03. The van der Waals surface area contributed by atoms with Gasteiger partial charge in [0.2, 0.25) is 0 Å². The van der Waals surface area contributed by atoms with E-state index >= 15 is 0 Å². The van der Waals surface area contributed by atoms with Crippen LogP contribution in [0.15, 0.2) is 48.5 Å². The zero-order chi connectivity index (χ0) is 18.1. The maximum Gasteiger partial charge on any atom is 0.197 e. The van der Waals surface area contributed by atoms with Crippen molar-refractivity contribution in [1.29, 1.82) is 0 Å². The van der Waals surface area contributed by atoms with E-state index in [-0.39, 0.29) is 0 Å². The summed E-state index contributed by atoms with van der Waals surface area (Å²) in [5.41, 5.74) is 6.88. The Balaban J connectivity index is 1.95. The molecule has 3 aromatic rings. The molecule has 1 aliphatic rings. The van der Waals surface area contributed by atoms with Crippen LogP contribution < -0.4 is 4.74 Å². The van der Waals surface area contributed by atoms with Crippen molar-refractivity contribution in [3.8, 4) is 5.75 Å². The van der Waals surface area contributed by atoms with Crippen molar-refractivity contribution < 1.29 is 9.31 Å². The fourth-order valence-corrected chi connectivity index (χ4v) is 4.21. The van der Waals surface area contributed by atoms with Gasteiger partial charge in [-0.15, -0.1) is 0 Å². The average Bonchev–Trinajstić information content (AvgIpc) is 2.97.